The van der Waals surface area contributed by atoms with Gasteiger partial charge in [-0.25, -0.2) is 9.69 Å². The van der Waals surface area contributed by atoms with Crippen LogP contribution in [-0.4, -0.2) is 38.0 Å². The Morgan fingerprint density at radius 1 is 0.818 bits per heavy atom. The van der Waals surface area contributed by atoms with Crippen molar-refractivity contribution in [1.29, 1.82) is 0 Å². The molecular formula is C36H30ClN3O4. The number of anilines is 2. The van der Waals surface area contributed by atoms with Crippen LogP contribution >= 0.6 is 11.6 Å². The van der Waals surface area contributed by atoms with Crippen molar-refractivity contribution < 1.29 is 19.1 Å². The van der Waals surface area contributed by atoms with Crippen molar-refractivity contribution in [3.05, 3.63) is 129 Å². The number of halogens is 1. The first-order chi connectivity index (χ1) is 21.4. The summed E-state index contributed by atoms with van der Waals surface area (Å²) in [5.41, 5.74) is 6.41. The summed E-state index contributed by atoms with van der Waals surface area (Å²) >= 11 is 6.22. The number of hydrogen-bond acceptors (Lipinski definition) is 5. The number of rotatable bonds is 5. The molecule has 44 heavy (non-hydrogen) atoms. The molecule has 3 aliphatic rings. The smallest absolute Gasteiger partial charge is 0.335 e. The zero-order chi connectivity index (χ0) is 30.4. The van der Waals surface area contributed by atoms with Gasteiger partial charge in [-0.1, -0.05) is 72.3 Å². The second kappa shape index (κ2) is 11.3. The topological polar surface area (TPSA) is 79.0 Å². The second-order valence-electron chi connectivity index (χ2n) is 11.3. The van der Waals surface area contributed by atoms with Gasteiger partial charge in [0, 0.05) is 41.2 Å². The molecule has 4 amide bonds. The summed E-state index contributed by atoms with van der Waals surface area (Å²) in [6.45, 7) is 1.85. The van der Waals surface area contributed by atoms with Gasteiger partial charge < -0.3 is 9.64 Å². The molecule has 0 unspecified atom stereocenters. The summed E-state index contributed by atoms with van der Waals surface area (Å²) in [5.74, 6) is -0.852. The molecule has 2 atom stereocenters. The second-order valence-corrected chi connectivity index (χ2v) is 11.7. The van der Waals surface area contributed by atoms with Crippen molar-refractivity contribution in [2.75, 3.05) is 30.0 Å². The number of nitrogens with zero attached hydrogens (tertiary/aromatic N) is 2. The zero-order valence-electron chi connectivity index (χ0n) is 24.1. The Hall–Kier alpha value is -4.88. The molecule has 0 bridgehead atoms. The Morgan fingerprint density at radius 2 is 1.41 bits per heavy atom. The monoisotopic (exact) mass is 603 g/mol. The molecule has 3 aliphatic heterocycles. The number of ether oxygens (including phenoxy) is 1. The molecule has 0 spiro atoms. The van der Waals surface area contributed by atoms with Crippen LogP contribution in [0, 0.1) is 0 Å². The van der Waals surface area contributed by atoms with E-state index in [-0.39, 0.29) is 17.4 Å². The van der Waals surface area contributed by atoms with E-state index in [1.165, 1.54) is 30.0 Å². The number of methoxy groups -OCH3 is 1. The predicted octanol–water partition coefficient (Wildman–Crippen LogP) is 6.89. The van der Waals surface area contributed by atoms with Gasteiger partial charge in [0.1, 0.15) is 11.3 Å². The Bertz CT molecular complexity index is 1750. The molecule has 0 radical (unpaired) electrons. The quantitative estimate of drug-likeness (QED) is 0.198. The van der Waals surface area contributed by atoms with Crippen molar-refractivity contribution in [1.82, 2.24) is 5.32 Å². The van der Waals surface area contributed by atoms with Gasteiger partial charge in [-0.05, 0) is 71.5 Å². The number of carbonyl (C=O) groups excluding carboxylic acids is 3. The van der Waals surface area contributed by atoms with Crippen molar-refractivity contribution in [2.45, 2.75) is 24.7 Å². The van der Waals surface area contributed by atoms with Crippen LogP contribution in [-0.2, 0) is 9.59 Å². The maximum Gasteiger partial charge on any atom is 0.335 e. The highest BCUT2D eigenvalue weighted by atomic mass is 35.5. The summed E-state index contributed by atoms with van der Waals surface area (Å²) < 4.78 is 5.43. The van der Waals surface area contributed by atoms with Crippen LogP contribution in [0.1, 0.15) is 52.5 Å². The number of amides is 4. The molecule has 8 heteroatoms. The average molecular weight is 604 g/mol. The lowest BCUT2D eigenvalue weighted by Crippen LogP contribution is -2.54. The normalized spacial score (nSPS) is 20.4. The predicted molar refractivity (Wildman–Crippen MR) is 171 cm³/mol. The minimum Gasteiger partial charge on any atom is -0.496 e. The first-order valence-corrected chi connectivity index (χ1v) is 15.1. The Kier molecular flexibility index (Phi) is 7.18. The van der Waals surface area contributed by atoms with E-state index >= 15 is 0 Å². The average Bonchev–Trinajstić information content (AvgIpc) is 3.04. The highest BCUT2D eigenvalue weighted by Crippen LogP contribution is 2.50. The van der Waals surface area contributed by atoms with Gasteiger partial charge in [0.05, 0.1) is 12.8 Å². The highest BCUT2D eigenvalue weighted by Gasteiger charge is 2.40. The van der Waals surface area contributed by atoms with Crippen molar-refractivity contribution in [3.63, 3.8) is 0 Å². The number of urea groups is 1. The largest absolute Gasteiger partial charge is 0.496 e. The summed E-state index contributed by atoms with van der Waals surface area (Å²) in [7, 11) is 1.50. The molecule has 1 fully saturated rings. The molecule has 3 heterocycles. The fourth-order valence-electron chi connectivity index (χ4n) is 6.83. The van der Waals surface area contributed by atoms with Crippen LogP contribution in [0.15, 0.2) is 96.6 Å². The first-order valence-electron chi connectivity index (χ1n) is 14.7. The van der Waals surface area contributed by atoms with Crippen LogP contribution in [0.4, 0.5) is 16.2 Å². The number of imide groups is 2. The minimum atomic E-state index is -0.779. The van der Waals surface area contributed by atoms with Gasteiger partial charge in [-0.3, -0.25) is 14.9 Å². The molecule has 4 aromatic carbocycles. The molecular weight excluding hydrogens is 574 g/mol. The van der Waals surface area contributed by atoms with Crippen molar-refractivity contribution in [2.24, 2.45) is 0 Å². The van der Waals surface area contributed by atoms with Gasteiger partial charge in [-0.2, -0.15) is 0 Å². The number of barbiturate groups is 1. The van der Waals surface area contributed by atoms with E-state index in [2.05, 4.69) is 34.5 Å². The molecule has 220 valence electrons. The SMILES string of the molecule is COc1ccc(Cl)cc1/C=C1\C(=O)NC(=O)N(c2cc3c4c(c2)[C@@H](c2ccccc2)CCN4CC[C@@H]3c2ccccc2)C1=O. The summed E-state index contributed by atoms with van der Waals surface area (Å²) in [4.78, 5) is 44.1. The van der Waals surface area contributed by atoms with Crippen LogP contribution in [0.25, 0.3) is 6.08 Å². The molecule has 1 N–H and O–H groups in total. The molecule has 7 nitrogen and oxygen atoms in total. The number of carbonyl (C=O) groups is 3. The molecule has 0 aromatic heterocycles. The lowest BCUT2D eigenvalue weighted by molar-refractivity contribution is -0.122. The van der Waals surface area contributed by atoms with Crippen LogP contribution < -0.4 is 19.9 Å². The highest BCUT2D eigenvalue weighted by molar-refractivity contribution is 6.39. The van der Waals surface area contributed by atoms with Gasteiger partial charge in [0.15, 0.2) is 0 Å². The molecule has 7 rings (SSSR count). The lowest BCUT2D eigenvalue weighted by Gasteiger charge is -2.44. The third kappa shape index (κ3) is 4.83. The molecule has 0 saturated carbocycles. The molecule has 0 aliphatic carbocycles. The summed E-state index contributed by atoms with van der Waals surface area (Å²) in [5, 5.41) is 2.80. The van der Waals surface area contributed by atoms with Gasteiger partial charge in [-0.15, -0.1) is 0 Å². The first kappa shape index (κ1) is 27.9. The Labute approximate surface area is 260 Å². The minimum absolute atomic E-state index is 0.0889. The number of benzene rings is 4. The van der Waals surface area contributed by atoms with Crippen molar-refractivity contribution in [3.8, 4) is 5.75 Å². The summed E-state index contributed by atoms with van der Waals surface area (Å²) in [6.07, 6.45) is 3.24. The van der Waals surface area contributed by atoms with Crippen molar-refractivity contribution >= 4 is 46.9 Å². The molecule has 4 aromatic rings. The molecule has 1 saturated heterocycles. The fraction of sp³-hybridized carbons (Fsp3) is 0.194. The van der Waals surface area contributed by atoms with Crippen LogP contribution in [0.2, 0.25) is 5.02 Å². The third-order valence-electron chi connectivity index (χ3n) is 8.85. The maximum atomic E-state index is 14.1. The van der Waals surface area contributed by atoms with E-state index in [0.717, 1.165) is 42.0 Å². The summed E-state index contributed by atoms with van der Waals surface area (Å²) in [6, 6.07) is 28.8. The van der Waals surface area contributed by atoms with Gasteiger partial charge in [0.25, 0.3) is 11.8 Å². The van der Waals surface area contributed by atoms with E-state index in [1.807, 2.05) is 48.5 Å². The van der Waals surface area contributed by atoms with E-state index in [1.54, 1.807) is 18.2 Å². The van der Waals surface area contributed by atoms with E-state index in [0.29, 0.717) is 22.0 Å². The number of nitrogens with one attached hydrogen (secondary N) is 1. The Balaban J connectivity index is 1.40. The third-order valence-corrected chi connectivity index (χ3v) is 9.09. The van der Waals surface area contributed by atoms with E-state index < -0.39 is 17.8 Å². The zero-order valence-corrected chi connectivity index (χ0v) is 24.9. The van der Waals surface area contributed by atoms with Crippen LogP contribution in [0.5, 0.6) is 5.75 Å². The van der Waals surface area contributed by atoms with E-state index in [9.17, 15) is 14.4 Å². The fourth-order valence-corrected chi connectivity index (χ4v) is 7.01. The Morgan fingerprint density at radius 3 is 1.98 bits per heavy atom. The van der Waals surface area contributed by atoms with E-state index in [4.69, 9.17) is 16.3 Å². The van der Waals surface area contributed by atoms with Crippen LogP contribution in [0.3, 0.4) is 0 Å². The lowest BCUT2D eigenvalue weighted by atomic mass is 9.76. The van der Waals surface area contributed by atoms with Gasteiger partial charge in [0.2, 0.25) is 0 Å². The maximum absolute atomic E-state index is 14.1. The standard InChI is InChI=1S/C36H30ClN3O4/c1-44-32-13-12-25(37)18-24(32)19-31-34(41)38-36(43)40(35(31)42)26-20-29-27(22-8-4-2-5-9-22)14-16-39-17-15-28(30(21-26)33(29)39)23-10-6-3-7-11-23/h2-13,18-21,27-28H,14-17H2,1H3,(H,38,41,43)/b31-19+/t27-,28-/m1/s1. The number of hydrogen-bond donors (Lipinski definition) is 1. The van der Waals surface area contributed by atoms with Gasteiger partial charge >= 0.3 is 6.03 Å².